The predicted octanol–water partition coefficient (Wildman–Crippen LogP) is 3.17. The van der Waals surface area contributed by atoms with Crippen LogP contribution in [-0.4, -0.2) is 37.3 Å². The van der Waals surface area contributed by atoms with Gasteiger partial charge >= 0.3 is 0 Å². The SMILES string of the molecule is CCOc1ccc(CCNC(=O)Cn2ccc3cc(OC)ccc3c2=O)cc1OCC. The molecule has 31 heavy (non-hydrogen) atoms. The third kappa shape index (κ3) is 5.57. The number of carbonyl (C=O) groups excluding carboxylic acids is 1. The Labute approximate surface area is 181 Å². The van der Waals surface area contributed by atoms with Gasteiger partial charge in [0, 0.05) is 18.1 Å². The fraction of sp³-hybridized carbons (Fsp3) is 0.333. The van der Waals surface area contributed by atoms with Gasteiger partial charge in [0.25, 0.3) is 5.56 Å². The molecule has 0 saturated heterocycles. The Bertz CT molecular complexity index is 1110. The first-order valence-corrected chi connectivity index (χ1v) is 10.4. The van der Waals surface area contributed by atoms with Crippen molar-refractivity contribution in [2.45, 2.75) is 26.8 Å². The molecule has 3 aromatic rings. The van der Waals surface area contributed by atoms with E-state index in [9.17, 15) is 9.59 Å². The number of amides is 1. The summed E-state index contributed by atoms with van der Waals surface area (Å²) in [6.45, 7) is 5.39. The van der Waals surface area contributed by atoms with Crippen LogP contribution in [-0.2, 0) is 17.8 Å². The number of nitrogens with one attached hydrogen (secondary N) is 1. The van der Waals surface area contributed by atoms with Crippen LogP contribution in [0.2, 0.25) is 0 Å². The molecule has 7 nitrogen and oxygen atoms in total. The first kappa shape index (κ1) is 22.2. The van der Waals surface area contributed by atoms with Crippen LogP contribution in [0.3, 0.4) is 0 Å². The Morgan fingerprint density at radius 3 is 2.52 bits per heavy atom. The van der Waals surface area contributed by atoms with Crippen molar-refractivity contribution in [1.29, 1.82) is 0 Å². The molecule has 0 aliphatic heterocycles. The number of hydrogen-bond donors (Lipinski definition) is 1. The van der Waals surface area contributed by atoms with Gasteiger partial charge in [-0.1, -0.05) is 6.07 Å². The Balaban J connectivity index is 1.60. The average molecular weight is 424 g/mol. The Hall–Kier alpha value is -3.48. The fourth-order valence-corrected chi connectivity index (χ4v) is 3.33. The highest BCUT2D eigenvalue weighted by molar-refractivity contribution is 5.83. The molecule has 1 N–H and O–H groups in total. The van der Waals surface area contributed by atoms with E-state index in [1.807, 2.05) is 38.1 Å². The topological polar surface area (TPSA) is 78.8 Å². The number of hydrogen-bond acceptors (Lipinski definition) is 5. The summed E-state index contributed by atoms with van der Waals surface area (Å²) >= 11 is 0. The maximum absolute atomic E-state index is 12.7. The van der Waals surface area contributed by atoms with Crippen molar-refractivity contribution < 1.29 is 19.0 Å². The number of rotatable bonds is 10. The van der Waals surface area contributed by atoms with Gasteiger partial charge in [-0.2, -0.15) is 0 Å². The summed E-state index contributed by atoms with van der Waals surface area (Å²) in [5.41, 5.74) is 0.826. The monoisotopic (exact) mass is 424 g/mol. The van der Waals surface area contributed by atoms with Gasteiger partial charge in [0.15, 0.2) is 11.5 Å². The van der Waals surface area contributed by atoms with Gasteiger partial charge in [-0.25, -0.2) is 0 Å². The molecule has 0 fully saturated rings. The summed E-state index contributed by atoms with van der Waals surface area (Å²) in [4.78, 5) is 25.0. The van der Waals surface area contributed by atoms with Crippen LogP contribution in [0, 0.1) is 0 Å². The molecule has 0 unspecified atom stereocenters. The molecule has 0 atom stereocenters. The molecule has 1 amide bonds. The quantitative estimate of drug-likeness (QED) is 0.541. The van der Waals surface area contributed by atoms with Gasteiger partial charge in [-0.15, -0.1) is 0 Å². The van der Waals surface area contributed by atoms with Crippen LogP contribution in [0.4, 0.5) is 0 Å². The van der Waals surface area contributed by atoms with Gasteiger partial charge in [-0.3, -0.25) is 9.59 Å². The van der Waals surface area contributed by atoms with E-state index in [0.717, 1.165) is 10.9 Å². The lowest BCUT2D eigenvalue weighted by atomic mass is 10.1. The van der Waals surface area contributed by atoms with E-state index >= 15 is 0 Å². The first-order valence-electron chi connectivity index (χ1n) is 10.4. The van der Waals surface area contributed by atoms with Gasteiger partial charge < -0.3 is 24.1 Å². The van der Waals surface area contributed by atoms with Crippen molar-refractivity contribution >= 4 is 16.7 Å². The van der Waals surface area contributed by atoms with Crippen molar-refractivity contribution in [1.82, 2.24) is 9.88 Å². The number of aromatic nitrogens is 1. The second-order valence-electron chi connectivity index (χ2n) is 6.95. The summed E-state index contributed by atoms with van der Waals surface area (Å²) in [5.74, 6) is 1.88. The standard InChI is InChI=1S/C24H28N2O5/c1-4-30-21-9-6-17(14-22(21)31-5-2)10-12-25-23(27)16-26-13-11-18-15-19(29-3)7-8-20(18)24(26)28/h6-9,11,13-15H,4-5,10,12,16H2,1-3H3,(H,25,27). The summed E-state index contributed by atoms with van der Waals surface area (Å²) in [6.07, 6.45) is 2.27. The Kier molecular flexibility index (Phi) is 7.54. The minimum Gasteiger partial charge on any atom is -0.497 e. The Morgan fingerprint density at radius 1 is 1.00 bits per heavy atom. The highest BCUT2D eigenvalue weighted by Gasteiger charge is 2.09. The van der Waals surface area contributed by atoms with E-state index in [0.29, 0.717) is 48.8 Å². The molecule has 2 aromatic carbocycles. The van der Waals surface area contributed by atoms with Crippen LogP contribution < -0.4 is 25.1 Å². The van der Waals surface area contributed by atoms with Crippen LogP contribution in [0.5, 0.6) is 17.2 Å². The number of carbonyl (C=O) groups is 1. The molecule has 0 aliphatic carbocycles. The molecular weight excluding hydrogens is 396 g/mol. The van der Waals surface area contributed by atoms with Crippen LogP contribution in [0.15, 0.2) is 53.5 Å². The molecule has 7 heteroatoms. The van der Waals surface area contributed by atoms with E-state index in [2.05, 4.69) is 5.32 Å². The predicted molar refractivity (Wildman–Crippen MR) is 120 cm³/mol. The minimum absolute atomic E-state index is 0.0335. The van der Waals surface area contributed by atoms with Crippen LogP contribution in [0.1, 0.15) is 19.4 Å². The highest BCUT2D eigenvalue weighted by atomic mass is 16.5. The second kappa shape index (κ2) is 10.5. The third-order valence-corrected chi connectivity index (χ3v) is 4.84. The zero-order chi connectivity index (χ0) is 22.2. The van der Waals surface area contributed by atoms with E-state index in [4.69, 9.17) is 14.2 Å². The molecule has 1 aromatic heterocycles. The summed E-state index contributed by atoms with van der Waals surface area (Å²) in [5, 5.41) is 4.20. The summed E-state index contributed by atoms with van der Waals surface area (Å²) in [7, 11) is 1.58. The van der Waals surface area contributed by atoms with Crippen molar-refractivity contribution in [2.75, 3.05) is 26.9 Å². The lowest BCUT2D eigenvalue weighted by Crippen LogP contribution is -2.33. The average Bonchev–Trinajstić information content (AvgIpc) is 2.77. The summed E-state index contributed by atoms with van der Waals surface area (Å²) < 4.78 is 17.8. The fourth-order valence-electron chi connectivity index (χ4n) is 3.33. The van der Waals surface area contributed by atoms with Gasteiger partial charge in [0.05, 0.1) is 20.3 Å². The molecule has 0 bridgehead atoms. The Morgan fingerprint density at radius 2 is 1.77 bits per heavy atom. The van der Waals surface area contributed by atoms with Crippen LogP contribution >= 0.6 is 0 Å². The number of methoxy groups -OCH3 is 1. The number of ether oxygens (including phenoxy) is 3. The highest BCUT2D eigenvalue weighted by Crippen LogP contribution is 2.28. The van der Waals surface area contributed by atoms with Crippen molar-refractivity contribution in [3.63, 3.8) is 0 Å². The lowest BCUT2D eigenvalue weighted by Gasteiger charge is -2.13. The van der Waals surface area contributed by atoms with Crippen molar-refractivity contribution in [3.05, 3.63) is 64.6 Å². The van der Waals surface area contributed by atoms with E-state index < -0.39 is 0 Å². The molecule has 0 radical (unpaired) electrons. The molecule has 3 rings (SSSR count). The zero-order valence-corrected chi connectivity index (χ0v) is 18.1. The minimum atomic E-state index is -0.217. The molecule has 1 heterocycles. The molecular formula is C24H28N2O5. The number of pyridine rings is 1. The number of benzene rings is 2. The largest absolute Gasteiger partial charge is 0.497 e. The van der Waals surface area contributed by atoms with Gasteiger partial charge in [0.1, 0.15) is 12.3 Å². The van der Waals surface area contributed by atoms with E-state index in [1.54, 1.807) is 31.5 Å². The molecule has 0 spiro atoms. The van der Waals surface area contributed by atoms with E-state index in [-0.39, 0.29) is 18.0 Å². The van der Waals surface area contributed by atoms with Crippen molar-refractivity contribution in [3.8, 4) is 17.2 Å². The summed E-state index contributed by atoms with van der Waals surface area (Å²) in [6, 6.07) is 12.8. The number of fused-ring (bicyclic) bond motifs is 1. The maximum Gasteiger partial charge on any atom is 0.258 e. The maximum atomic E-state index is 12.7. The second-order valence-corrected chi connectivity index (χ2v) is 6.95. The normalized spacial score (nSPS) is 10.7. The first-order chi connectivity index (χ1) is 15.0. The van der Waals surface area contributed by atoms with Gasteiger partial charge in [0.2, 0.25) is 5.91 Å². The number of nitrogens with zero attached hydrogens (tertiary/aromatic N) is 1. The molecule has 164 valence electrons. The van der Waals surface area contributed by atoms with Crippen molar-refractivity contribution in [2.24, 2.45) is 0 Å². The molecule has 0 saturated carbocycles. The third-order valence-electron chi connectivity index (χ3n) is 4.84. The molecule has 0 aliphatic rings. The van der Waals surface area contributed by atoms with E-state index in [1.165, 1.54) is 4.57 Å². The smallest absolute Gasteiger partial charge is 0.258 e. The lowest BCUT2D eigenvalue weighted by molar-refractivity contribution is -0.121. The van der Waals surface area contributed by atoms with Gasteiger partial charge in [-0.05, 0) is 67.6 Å². The van der Waals surface area contributed by atoms with Crippen LogP contribution in [0.25, 0.3) is 10.8 Å². The zero-order valence-electron chi connectivity index (χ0n) is 18.1.